The van der Waals surface area contributed by atoms with Crippen LogP contribution in [0.4, 0.5) is 5.82 Å². The standard InChI is InChI=1S/C23H23N7O/c24-21-8-19(25-14-26-21)16-6-20-17-5-15(10-30(20)23(31)7-16)9-28(11-17)12-18-13-29-4-2-1-3-22(29)27-18/h1-4,6-8,13-15,17H,5,9-12H2,(H2,24,25,26)/t15-,17+/m0/s1. The van der Waals surface area contributed by atoms with E-state index in [0.717, 1.165) is 55.2 Å². The highest BCUT2D eigenvalue weighted by Crippen LogP contribution is 2.36. The van der Waals surface area contributed by atoms with E-state index in [0.29, 0.717) is 23.3 Å². The van der Waals surface area contributed by atoms with Gasteiger partial charge in [0.1, 0.15) is 17.8 Å². The Kier molecular flexibility index (Phi) is 4.14. The van der Waals surface area contributed by atoms with Crippen molar-refractivity contribution in [3.05, 3.63) is 76.9 Å². The van der Waals surface area contributed by atoms with Gasteiger partial charge in [-0.05, 0) is 30.5 Å². The molecule has 0 aliphatic carbocycles. The van der Waals surface area contributed by atoms with Crippen LogP contribution in [0.2, 0.25) is 0 Å². The number of piperidine rings is 1. The molecule has 2 aliphatic heterocycles. The number of imidazole rings is 1. The van der Waals surface area contributed by atoms with E-state index in [1.807, 2.05) is 29.0 Å². The molecular formula is C23H23N7O. The number of hydrogen-bond donors (Lipinski definition) is 1. The zero-order valence-corrected chi connectivity index (χ0v) is 17.1. The first kappa shape index (κ1) is 18.3. The van der Waals surface area contributed by atoms with E-state index in [1.165, 1.54) is 6.33 Å². The lowest BCUT2D eigenvalue weighted by Crippen LogP contribution is -2.46. The first-order valence-electron chi connectivity index (χ1n) is 10.6. The monoisotopic (exact) mass is 413 g/mol. The Labute approximate surface area is 179 Å². The zero-order valence-electron chi connectivity index (χ0n) is 17.1. The molecule has 4 aromatic heterocycles. The van der Waals surface area contributed by atoms with E-state index in [9.17, 15) is 4.79 Å². The molecule has 1 saturated heterocycles. The highest BCUT2D eigenvalue weighted by atomic mass is 16.1. The van der Waals surface area contributed by atoms with E-state index in [2.05, 4.69) is 31.5 Å². The Morgan fingerprint density at radius 1 is 1.10 bits per heavy atom. The minimum atomic E-state index is 0.0354. The van der Waals surface area contributed by atoms with Gasteiger partial charge in [-0.25, -0.2) is 15.0 Å². The summed E-state index contributed by atoms with van der Waals surface area (Å²) in [6, 6.07) is 11.5. The minimum Gasteiger partial charge on any atom is -0.384 e. The molecule has 0 aromatic carbocycles. The fraction of sp³-hybridized carbons (Fsp3) is 0.304. The summed E-state index contributed by atoms with van der Waals surface area (Å²) in [5.74, 6) is 1.19. The Morgan fingerprint density at radius 2 is 2.03 bits per heavy atom. The number of pyridine rings is 2. The number of aromatic nitrogens is 5. The van der Waals surface area contributed by atoms with Gasteiger partial charge >= 0.3 is 0 Å². The van der Waals surface area contributed by atoms with Gasteiger partial charge < -0.3 is 14.7 Å². The molecule has 0 radical (unpaired) electrons. The third kappa shape index (κ3) is 3.29. The quantitative estimate of drug-likeness (QED) is 0.553. The highest BCUT2D eigenvalue weighted by molar-refractivity contribution is 5.61. The molecule has 2 aliphatic rings. The predicted molar refractivity (Wildman–Crippen MR) is 117 cm³/mol. The lowest BCUT2D eigenvalue weighted by molar-refractivity contribution is 0.113. The summed E-state index contributed by atoms with van der Waals surface area (Å²) in [5.41, 5.74) is 10.5. The molecule has 0 saturated carbocycles. The lowest BCUT2D eigenvalue weighted by Gasteiger charge is -2.42. The van der Waals surface area contributed by atoms with Crippen LogP contribution in [0.15, 0.2) is 59.9 Å². The average Bonchev–Trinajstić information content (AvgIpc) is 3.16. The number of nitrogen functional groups attached to an aromatic ring is 1. The summed E-state index contributed by atoms with van der Waals surface area (Å²) in [7, 11) is 0. The van der Waals surface area contributed by atoms with E-state index in [1.54, 1.807) is 12.1 Å². The minimum absolute atomic E-state index is 0.0354. The van der Waals surface area contributed by atoms with Gasteiger partial charge in [0, 0.05) is 67.9 Å². The molecule has 8 heteroatoms. The summed E-state index contributed by atoms with van der Waals surface area (Å²) in [5, 5.41) is 0. The van der Waals surface area contributed by atoms with E-state index >= 15 is 0 Å². The van der Waals surface area contributed by atoms with Crippen molar-refractivity contribution in [3.8, 4) is 11.3 Å². The molecule has 0 amide bonds. The van der Waals surface area contributed by atoms with Gasteiger partial charge in [0.05, 0.1) is 11.4 Å². The average molecular weight is 413 g/mol. The molecule has 0 spiro atoms. The Morgan fingerprint density at radius 3 is 2.90 bits per heavy atom. The Bertz CT molecular complexity index is 1310. The maximum atomic E-state index is 12.9. The van der Waals surface area contributed by atoms with Gasteiger partial charge in [-0.15, -0.1) is 0 Å². The van der Waals surface area contributed by atoms with Crippen molar-refractivity contribution in [1.82, 2.24) is 28.8 Å². The van der Waals surface area contributed by atoms with Crippen molar-refractivity contribution in [2.45, 2.75) is 25.4 Å². The Balaban J connectivity index is 1.30. The molecule has 0 unspecified atom stereocenters. The number of likely N-dealkylation sites (tertiary alicyclic amines) is 1. The predicted octanol–water partition coefficient (Wildman–Crippen LogP) is 2.15. The molecule has 2 N–H and O–H groups in total. The van der Waals surface area contributed by atoms with Crippen LogP contribution in [-0.2, 0) is 13.1 Å². The molecule has 6 heterocycles. The summed E-state index contributed by atoms with van der Waals surface area (Å²) in [6.45, 7) is 3.49. The number of rotatable bonds is 3. The second kappa shape index (κ2) is 7.02. The molecule has 31 heavy (non-hydrogen) atoms. The van der Waals surface area contributed by atoms with E-state index in [4.69, 9.17) is 10.7 Å². The first-order valence-corrected chi connectivity index (χ1v) is 10.6. The van der Waals surface area contributed by atoms with Gasteiger partial charge in [-0.1, -0.05) is 6.07 Å². The van der Waals surface area contributed by atoms with Crippen LogP contribution in [0.3, 0.4) is 0 Å². The summed E-state index contributed by atoms with van der Waals surface area (Å²) >= 11 is 0. The Hall–Kier alpha value is -3.52. The van der Waals surface area contributed by atoms with Crippen LogP contribution in [-0.4, -0.2) is 41.9 Å². The number of fused-ring (bicyclic) bond motifs is 5. The van der Waals surface area contributed by atoms with Crippen molar-refractivity contribution in [2.75, 3.05) is 18.8 Å². The van der Waals surface area contributed by atoms with Crippen molar-refractivity contribution in [1.29, 1.82) is 0 Å². The van der Waals surface area contributed by atoms with Crippen LogP contribution in [0, 0.1) is 5.92 Å². The normalized spacial score (nSPS) is 20.6. The highest BCUT2D eigenvalue weighted by Gasteiger charge is 2.35. The van der Waals surface area contributed by atoms with Gasteiger partial charge in [0.25, 0.3) is 5.56 Å². The summed E-state index contributed by atoms with van der Waals surface area (Å²) < 4.78 is 4.02. The van der Waals surface area contributed by atoms with Crippen LogP contribution in [0.5, 0.6) is 0 Å². The molecule has 4 aromatic rings. The van der Waals surface area contributed by atoms with Crippen molar-refractivity contribution >= 4 is 11.5 Å². The third-order valence-electron chi connectivity index (χ3n) is 6.42. The zero-order chi connectivity index (χ0) is 20.9. The lowest BCUT2D eigenvalue weighted by atomic mass is 9.82. The fourth-order valence-electron chi connectivity index (χ4n) is 5.16. The van der Waals surface area contributed by atoms with Crippen molar-refractivity contribution in [3.63, 3.8) is 0 Å². The molecule has 6 rings (SSSR count). The number of anilines is 1. The van der Waals surface area contributed by atoms with Gasteiger partial charge in [0.15, 0.2) is 0 Å². The summed E-state index contributed by atoms with van der Waals surface area (Å²) in [6.07, 6.45) is 6.68. The fourth-order valence-corrected chi connectivity index (χ4v) is 5.16. The van der Waals surface area contributed by atoms with Crippen LogP contribution >= 0.6 is 0 Å². The largest absolute Gasteiger partial charge is 0.384 e. The molecule has 2 bridgehead atoms. The molecule has 8 nitrogen and oxygen atoms in total. The second-order valence-electron chi connectivity index (χ2n) is 8.64. The van der Waals surface area contributed by atoms with Crippen molar-refractivity contribution in [2.24, 2.45) is 5.92 Å². The summed E-state index contributed by atoms with van der Waals surface area (Å²) in [4.78, 5) is 28.4. The molecule has 2 atom stereocenters. The second-order valence-corrected chi connectivity index (χ2v) is 8.64. The van der Waals surface area contributed by atoms with E-state index < -0.39 is 0 Å². The molecule has 1 fully saturated rings. The first-order chi connectivity index (χ1) is 15.1. The van der Waals surface area contributed by atoms with Gasteiger partial charge in [-0.2, -0.15) is 0 Å². The maximum absolute atomic E-state index is 12.9. The van der Waals surface area contributed by atoms with Crippen LogP contribution in [0.25, 0.3) is 16.9 Å². The van der Waals surface area contributed by atoms with Crippen LogP contribution < -0.4 is 11.3 Å². The smallest absolute Gasteiger partial charge is 0.251 e. The number of nitrogens with two attached hydrogens (primary N) is 1. The van der Waals surface area contributed by atoms with E-state index in [-0.39, 0.29) is 5.56 Å². The maximum Gasteiger partial charge on any atom is 0.251 e. The molecular weight excluding hydrogens is 390 g/mol. The molecule has 156 valence electrons. The van der Waals surface area contributed by atoms with Gasteiger partial charge in [0.2, 0.25) is 0 Å². The van der Waals surface area contributed by atoms with Gasteiger partial charge in [-0.3, -0.25) is 9.69 Å². The van der Waals surface area contributed by atoms with Crippen molar-refractivity contribution < 1.29 is 0 Å². The number of nitrogens with zero attached hydrogens (tertiary/aromatic N) is 6. The topological polar surface area (TPSA) is 94.3 Å². The van der Waals surface area contributed by atoms with Crippen LogP contribution in [0.1, 0.15) is 23.7 Å². The SMILES string of the molecule is Nc1cc(-c2cc3n(c(=O)c2)C[C@H]2C[C@@H]3CN(Cc3cn4ccccc4n3)C2)ncn1. The third-order valence-corrected chi connectivity index (χ3v) is 6.42. The number of hydrogen-bond acceptors (Lipinski definition) is 6.